The molecule has 0 N–H and O–H groups in total. The highest BCUT2D eigenvalue weighted by Crippen LogP contribution is 2.30. The predicted octanol–water partition coefficient (Wildman–Crippen LogP) is 8.13. The maximum absolute atomic E-state index is 4.69. The molecule has 0 aliphatic heterocycles. The minimum atomic E-state index is 0.486. The largest absolute Gasteiger partial charge is 0.218 e. The van der Waals surface area contributed by atoms with E-state index in [9.17, 15) is 0 Å². The van der Waals surface area contributed by atoms with E-state index in [1.54, 1.807) is 0 Å². The Labute approximate surface area is 203 Å². The van der Waals surface area contributed by atoms with Gasteiger partial charge in [-0.2, -0.15) is 4.57 Å². The molecule has 1 nitrogen and oxygen atoms in total. The number of hydrogen-bond acceptors (Lipinski definition) is 1. The Hall–Kier alpha value is -3.10. The van der Waals surface area contributed by atoms with Crippen LogP contribution < -0.4 is 4.57 Å². The van der Waals surface area contributed by atoms with Crippen molar-refractivity contribution in [1.82, 2.24) is 0 Å². The third kappa shape index (κ3) is 5.12. The van der Waals surface area contributed by atoms with Gasteiger partial charge >= 0.3 is 0 Å². The van der Waals surface area contributed by atoms with Gasteiger partial charge in [0.15, 0.2) is 11.9 Å². The summed E-state index contributed by atoms with van der Waals surface area (Å²) in [7, 11) is 0. The van der Waals surface area contributed by atoms with Crippen LogP contribution in [0.25, 0.3) is 28.1 Å². The molecule has 0 bridgehead atoms. The van der Waals surface area contributed by atoms with Crippen LogP contribution in [0.15, 0.2) is 102 Å². The van der Waals surface area contributed by atoms with Crippen molar-refractivity contribution in [1.29, 1.82) is 0 Å². The molecule has 0 unspecified atom stereocenters. The summed E-state index contributed by atoms with van der Waals surface area (Å²) in [5.41, 5.74) is 10.1. The van der Waals surface area contributed by atoms with Gasteiger partial charge in [-0.3, -0.25) is 0 Å². The van der Waals surface area contributed by atoms with E-state index in [2.05, 4.69) is 123 Å². The molecule has 0 aliphatic rings. The van der Waals surface area contributed by atoms with Crippen molar-refractivity contribution in [3.05, 3.63) is 114 Å². The van der Waals surface area contributed by atoms with Crippen LogP contribution in [0.4, 0.5) is 0 Å². The lowest BCUT2D eigenvalue weighted by Crippen LogP contribution is -2.34. The first-order valence-corrected chi connectivity index (χ1v) is 12.1. The first-order chi connectivity index (χ1) is 16.0. The van der Waals surface area contributed by atoms with E-state index in [0.717, 1.165) is 11.3 Å². The van der Waals surface area contributed by atoms with Crippen LogP contribution in [-0.4, -0.2) is 0 Å². The highest BCUT2D eigenvalue weighted by Gasteiger charge is 2.19. The summed E-state index contributed by atoms with van der Waals surface area (Å²) in [6, 6.07) is 30.2. The number of benzene rings is 3. The molecule has 0 spiro atoms. The van der Waals surface area contributed by atoms with Crippen molar-refractivity contribution in [2.24, 2.45) is 0 Å². The maximum atomic E-state index is 4.69. The molecule has 166 valence electrons. The standard InChI is InChI=1S/C31H31NS/c1-22(2)26-19-20-32(30(21-26)27-13-7-5-11-23(27)3)24(4)17-18-25-12-6-8-14-28(25)29-15-9-10-16-31(29)33/h5-17,19-22H,18H2,1-4H3/p+1/b24-17+. The van der Waals surface area contributed by atoms with Crippen molar-refractivity contribution in [2.45, 2.75) is 44.9 Å². The molecule has 2 heteroatoms. The summed E-state index contributed by atoms with van der Waals surface area (Å²) in [6.45, 7) is 8.89. The second-order valence-electron chi connectivity index (χ2n) is 8.91. The fourth-order valence-electron chi connectivity index (χ4n) is 4.27. The average molecular weight is 451 g/mol. The molecule has 4 aromatic rings. The van der Waals surface area contributed by atoms with Gasteiger partial charge in [-0.05, 0) is 65.3 Å². The summed E-state index contributed by atoms with van der Waals surface area (Å²) < 4.78 is 2.32. The Morgan fingerprint density at radius 3 is 2.18 bits per heavy atom. The Balaban J connectivity index is 1.74. The fourth-order valence-corrected chi connectivity index (χ4v) is 4.55. The van der Waals surface area contributed by atoms with E-state index in [4.69, 9.17) is 12.6 Å². The van der Waals surface area contributed by atoms with Gasteiger partial charge in [0.05, 0.1) is 0 Å². The summed E-state index contributed by atoms with van der Waals surface area (Å²) in [5, 5.41) is 0. The van der Waals surface area contributed by atoms with E-state index < -0.39 is 0 Å². The van der Waals surface area contributed by atoms with Crippen LogP contribution in [0.2, 0.25) is 0 Å². The van der Waals surface area contributed by atoms with Crippen molar-refractivity contribution < 1.29 is 4.57 Å². The molecule has 0 saturated carbocycles. The Morgan fingerprint density at radius 1 is 0.848 bits per heavy atom. The van der Waals surface area contributed by atoms with Crippen molar-refractivity contribution in [3.8, 4) is 22.4 Å². The molecule has 4 rings (SSSR count). The summed E-state index contributed by atoms with van der Waals surface area (Å²) in [5.74, 6) is 0.486. The zero-order valence-corrected chi connectivity index (χ0v) is 20.8. The molecule has 0 fully saturated rings. The van der Waals surface area contributed by atoms with E-state index >= 15 is 0 Å². The SMILES string of the molecule is C/C(=C\Cc1ccccc1-c1ccccc1S)[n+]1ccc(C(C)C)cc1-c1ccccc1C. The Bertz CT molecular complexity index is 1300. The fraction of sp³-hybridized carbons (Fsp3) is 0.194. The summed E-state index contributed by atoms with van der Waals surface area (Å²) in [6.07, 6.45) is 5.41. The molecule has 1 aromatic heterocycles. The molecule has 0 atom stereocenters. The lowest BCUT2D eigenvalue weighted by atomic mass is 9.97. The van der Waals surface area contributed by atoms with Crippen molar-refractivity contribution >= 4 is 18.3 Å². The molecule has 0 saturated heterocycles. The molecule has 3 aromatic carbocycles. The number of aryl methyl sites for hydroxylation is 1. The Morgan fingerprint density at radius 2 is 1.48 bits per heavy atom. The molecule has 33 heavy (non-hydrogen) atoms. The number of thiol groups is 1. The minimum absolute atomic E-state index is 0.486. The van der Waals surface area contributed by atoms with Crippen molar-refractivity contribution in [3.63, 3.8) is 0 Å². The summed E-state index contributed by atoms with van der Waals surface area (Å²) >= 11 is 4.69. The second-order valence-corrected chi connectivity index (χ2v) is 9.39. The maximum Gasteiger partial charge on any atom is 0.218 e. The number of pyridine rings is 1. The quantitative estimate of drug-likeness (QED) is 0.223. The van der Waals surface area contributed by atoms with Crippen LogP contribution in [0, 0.1) is 6.92 Å². The van der Waals surface area contributed by atoms with Crippen LogP contribution in [-0.2, 0) is 6.42 Å². The molecular weight excluding hydrogens is 418 g/mol. The average Bonchev–Trinajstić information content (AvgIpc) is 2.83. The third-order valence-corrected chi connectivity index (χ3v) is 6.67. The molecule has 1 heterocycles. The smallest absolute Gasteiger partial charge is 0.164 e. The number of nitrogens with zero attached hydrogens (tertiary/aromatic N) is 1. The van der Waals surface area contributed by atoms with Crippen molar-refractivity contribution in [2.75, 3.05) is 0 Å². The summed E-state index contributed by atoms with van der Waals surface area (Å²) in [4.78, 5) is 1.01. The van der Waals surface area contributed by atoms with Crippen LogP contribution in [0.1, 0.15) is 43.4 Å². The van der Waals surface area contributed by atoms with E-state index in [1.807, 2.05) is 6.07 Å². The van der Waals surface area contributed by atoms with Crippen LogP contribution in [0.5, 0.6) is 0 Å². The third-order valence-electron chi connectivity index (χ3n) is 6.28. The minimum Gasteiger partial charge on any atom is -0.164 e. The van der Waals surface area contributed by atoms with E-state index in [1.165, 1.54) is 44.8 Å². The number of rotatable bonds is 6. The lowest BCUT2D eigenvalue weighted by molar-refractivity contribution is -0.569. The second kappa shape index (κ2) is 10.2. The molecule has 0 amide bonds. The molecule has 0 aliphatic carbocycles. The Kier molecular flexibility index (Phi) is 7.15. The van der Waals surface area contributed by atoms with Gasteiger partial charge in [-0.1, -0.05) is 74.5 Å². The lowest BCUT2D eigenvalue weighted by Gasteiger charge is -2.12. The van der Waals surface area contributed by atoms with Crippen LogP contribution >= 0.6 is 12.6 Å². The normalized spacial score (nSPS) is 11.8. The van der Waals surface area contributed by atoms with Gasteiger partial charge in [-0.25, -0.2) is 0 Å². The van der Waals surface area contributed by atoms with E-state index in [0.29, 0.717) is 5.92 Å². The number of allylic oxidation sites excluding steroid dienone is 2. The topological polar surface area (TPSA) is 3.88 Å². The van der Waals surface area contributed by atoms with Gasteiger partial charge in [0.25, 0.3) is 0 Å². The zero-order valence-electron chi connectivity index (χ0n) is 19.9. The molecular formula is C31H32NS+. The highest BCUT2D eigenvalue weighted by atomic mass is 32.1. The van der Waals surface area contributed by atoms with Gasteiger partial charge in [0, 0.05) is 29.5 Å². The highest BCUT2D eigenvalue weighted by molar-refractivity contribution is 7.80. The predicted molar refractivity (Wildman–Crippen MR) is 144 cm³/mol. The van der Waals surface area contributed by atoms with Gasteiger partial charge in [-0.15, -0.1) is 12.6 Å². The zero-order chi connectivity index (χ0) is 23.4. The van der Waals surface area contributed by atoms with E-state index in [-0.39, 0.29) is 0 Å². The molecule has 0 radical (unpaired) electrons. The van der Waals surface area contributed by atoms with Crippen LogP contribution in [0.3, 0.4) is 0 Å². The van der Waals surface area contributed by atoms with Gasteiger partial charge in [0.2, 0.25) is 5.69 Å². The first-order valence-electron chi connectivity index (χ1n) is 11.6. The number of aromatic nitrogens is 1. The van der Waals surface area contributed by atoms with Gasteiger partial charge in [0.1, 0.15) is 0 Å². The number of hydrogen-bond donors (Lipinski definition) is 1. The monoisotopic (exact) mass is 450 g/mol. The van der Waals surface area contributed by atoms with Gasteiger partial charge < -0.3 is 0 Å². The first kappa shape index (κ1) is 23.1.